The van der Waals surface area contributed by atoms with Crippen LogP contribution in [0.25, 0.3) is 0 Å². The molecule has 0 bridgehead atoms. The van der Waals surface area contributed by atoms with E-state index < -0.39 is 29.6 Å². The van der Waals surface area contributed by atoms with E-state index in [-0.39, 0.29) is 10.6 Å². The third-order valence-electron chi connectivity index (χ3n) is 4.01. The normalized spacial score (nSPS) is 15.3. The Hall–Kier alpha value is -1.95. The number of benzene rings is 1. The van der Waals surface area contributed by atoms with Gasteiger partial charge in [0.05, 0.1) is 10.6 Å². The van der Waals surface area contributed by atoms with E-state index in [1.165, 1.54) is 25.3 Å². The molecule has 1 amide bonds. The Morgan fingerprint density at radius 2 is 2.00 bits per heavy atom. The Labute approximate surface area is 150 Å². The molecule has 1 atom stereocenters. The number of halogens is 3. The van der Waals surface area contributed by atoms with E-state index >= 15 is 0 Å². The van der Waals surface area contributed by atoms with Crippen LogP contribution in [0.1, 0.15) is 49.4 Å². The summed E-state index contributed by atoms with van der Waals surface area (Å²) in [7, 11) is 0. The molecule has 1 N–H and O–H groups in total. The molecule has 0 aliphatic heterocycles. The summed E-state index contributed by atoms with van der Waals surface area (Å²) >= 11 is 5.71. The van der Waals surface area contributed by atoms with Crippen molar-refractivity contribution in [2.75, 3.05) is 6.54 Å². The molecular formula is C18H20ClF2NO3. The van der Waals surface area contributed by atoms with E-state index in [1.807, 2.05) is 0 Å². The number of esters is 1. The Morgan fingerprint density at radius 3 is 2.68 bits per heavy atom. The lowest BCUT2D eigenvalue weighted by Gasteiger charge is -2.16. The predicted molar refractivity (Wildman–Crippen MR) is 90.4 cm³/mol. The first-order valence-corrected chi connectivity index (χ1v) is 8.57. The molecule has 0 aromatic heterocycles. The van der Waals surface area contributed by atoms with Crippen LogP contribution in [0.15, 0.2) is 23.8 Å². The van der Waals surface area contributed by atoms with Gasteiger partial charge in [0.2, 0.25) is 0 Å². The molecule has 0 fully saturated rings. The van der Waals surface area contributed by atoms with Gasteiger partial charge in [0.25, 0.3) is 5.91 Å². The second-order valence-electron chi connectivity index (χ2n) is 5.94. The van der Waals surface area contributed by atoms with Gasteiger partial charge in [0.1, 0.15) is 0 Å². The van der Waals surface area contributed by atoms with E-state index in [2.05, 4.69) is 11.4 Å². The zero-order valence-electron chi connectivity index (χ0n) is 13.9. The average molecular weight is 372 g/mol. The fourth-order valence-electron chi connectivity index (χ4n) is 2.58. The van der Waals surface area contributed by atoms with E-state index in [9.17, 15) is 18.4 Å². The lowest BCUT2D eigenvalue weighted by atomic mass is 9.97. The number of ether oxygens (including phenoxy) is 1. The number of allylic oxidation sites excluding steroid dienone is 1. The highest BCUT2D eigenvalue weighted by Crippen LogP contribution is 2.21. The summed E-state index contributed by atoms with van der Waals surface area (Å²) in [4.78, 5) is 24.0. The molecule has 7 heteroatoms. The lowest BCUT2D eigenvalue weighted by molar-refractivity contribution is -0.129. The second kappa shape index (κ2) is 8.94. The largest absolute Gasteiger partial charge is 0.449 e. The smallest absolute Gasteiger partial charge is 0.340 e. The maximum absolute atomic E-state index is 13.2. The number of hydrogen-bond donors (Lipinski definition) is 1. The monoisotopic (exact) mass is 371 g/mol. The average Bonchev–Trinajstić information content (AvgIpc) is 2.58. The minimum absolute atomic E-state index is 0.277. The van der Waals surface area contributed by atoms with Crippen LogP contribution in [0.2, 0.25) is 5.02 Å². The summed E-state index contributed by atoms with van der Waals surface area (Å²) < 4.78 is 31.2. The van der Waals surface area contributed by atoms with E-state index in [0.717, 1.165) is 19.3 Å². The number of nitrogens with one attached hydrogen (secondary N) is 1. The molecule has 2 rings (SSSR count). The topological polar surface area (TPSA) is 55.4 Å². The number of hydrogen-bond acceptors (Lipinski definition) is 3. The number of carbonyl (C=O) groups is 2. The molecule has 0 heterocycles. The van der Waals surface area contributed by atoms with E-state index in [1.54, 1.807) is 0 Å². The maximum atomic E-state index is 13.2. The summed E-state index contributed by atoms with van der Waals surface area (Å²) in [6.45, 7) is 1.86. The number of rotatable bonds is 6. The van der Waals surface area contributed by atoms with Crippen molar-refractivity contribution < 1.29 is 23.1 Å². The zero-order chi connectivity index (χ0) is 18.4. The van der Waals surface area contributed by atoms with Crippen molar-refractivity contribution in [3.8, 4) is 0 Å². The van der Waals surface area contributed by atoms with Gasteiger partial charge in [0, 0.05) is 6.54 Å². The molecule has 0 saturated heterocycles. The van der Waals surface area contributed by atoms with Crippen LogP contribution in [0.3, 0.4) is 0 Å². The van der Waals surface area contributed by atoms with Crippen molar-refractivity contribution in [1.29, 1.82) is 0 Å². The number of carbonyl (C=O) groups excluding carboxylic acids is 2. The fraction of sp³-hybridized carbons (Fsp3) is 0.444. The van der Waals surface area contributed by atoms with Crippen LogP contribution in [-0.2, 0) is 9.53 Å². The van der Waals surface area contributed by atoms with Crippen LogP contribution in [0, 0.1) is 11.6 Å². The highest BCUT2D eigenvalue weighted by Gasteiger charge is 2.22. The van der Waals surface area contributed by atoms with Gasteiger partial charge in [-0.15, -0.1) is 0 Å². The van der Waals surface area contributed by atoms with Crippen LogP contribution in [0.4, 0.5) is 8.78 Å². The summed E-state index contributed by atoms with van der Waals surface area (Å²) in [6, 6.07) is 1.34. The van der Waals surface area contributed by atoms with Gasteiger partial charge in [-0.25, -0.2) is 13.6 Å². The quantitative estimate of drug-likeness (QED) is 0.464. The molecule has 1 aromatic rings. The van der Waals surface area contributed by atoms with Gasteiger partial charge >= 0.3 is 5.97 Å². The SMILES string of the molecule is C[C@@H](OC(=O)c1cc(F)c(F)cc1Cl)C(=O)NCCC1=CCCCC1. The molecule has 1 aromatic carbocycles. The maximum Gasteiger partial charge on any atom is 0.340 e. The minimum Gasteiger partial charge on any atom is -0.449 e. The third-order valence-corrected chi connectivity index (χ3v) is 4.33. The second-order valence-corrected chi connectivity index (χ2v) is 6.35. The van der Waals surface area contributed by atoms with Crippen molar-refractivity contribution in [2.45, 2.75) is 45.1 Å². The molecule has 1 aliphatic carbocycles. The van der Waals surface area contributed by atoms with Crippen molar-refractivity contribution in [2.24, 2.45) is 0 Å². The first-order valence-electron chi connectivity index (χ1n) is 8.19. The van der Waals surface area contributed by atoms with Gasteiger partial charge in [0.15, 0.2) is 17.7 Å². The van der Waals surface area contributed by atoms with Gasteiger partial charge in [-0.2, -0.15) is 0 Å². The van der Waals surface area contributed by atoms with Crippen LogP contribution in [-0.4, -0.2) is 24.5 Å². The first-order chi connectivity index (χ1) is 11.9. The van der Waals surface area contributed by atoms with Gasteiger partial charge < -0.3 is 10.1 Å². The molecule has 136 valence electrons. The van der Waals surface area contributed by atoms with Crippen LogP contribution in [0.5, 0.6) is 0 Å². The Balaban J connectivity index is 1.84. The van der Waals surface area contributed by atoms with E-state index in [4.69, 9.17) is 16.3 Å². The molecule has 4 nitrogen and oxygen atoms in total. The summed E-state index contributed by atoms with van der Waals surface area (Å²) in [5, 5.41) is 2.42. The third kappa shape index (κ3) is 5.53. The highest BCUT2D eigenvalue weighted by atomic mass is 35.5. The summed E-state index contributed by atoms with van der Waals surface area (Å²) in [5.41, 5.74) is 0.998. The molecule has 0 spiro atoms. The summed E-state index contributed by atoms with van der Waals surface area (Å²) in [6.07, 6.45) is 6.39. The van der Waals surface area contributed by atoms with Crippen molar-refractivity contribution in [3.05, 3.63) is 46.0 Å². The fourth-order valence-corrected chi connectivity index (χ4v) is 2.81. The van der Waals surface area contributed by atoms with Crippen molar-refractivity contribution in [1.82, 2.24) is 5.32 Å². The molecule has 0 unspecified atom stereocenters. The molecule has 0 saturated carbocycles. The van der Waals surface area contributed by atoms with E-state index in [0.29, 0.717) is 18.7 Å². The van der Waals surface area contributed by atoms with Crippen LogP contribution >= 0.6 is 11.6 Å². The molecule has 25 heavy (non-hydrogen) atoms. The Bertz CT molecular complexity index is 691. The molecular weight excluding hydrogens is 352 g/mol. The van der Waals surface area contributed by atoms with Gasteiger partial charge in [-0.05, 0) is 51.2 Å². The Morgan fingerprint density at radius 1 is 1.28 bits per heavy atom. The van der Waals surface area contributed by atoms with Crippen molar-refractivity contribution >= 4 is 23.5 Å². The lowest BCUT2D eigenvalue weighted by Crippen LogP contribution is -2.36. The number of amides is 1. The molecule has 0 radical (unpaired) electrons. The van der Waals surface area contributed by atoms with Crippen molar-refractivity contribution in [3.63, 3.8) is 0 Å². The standard InChI is InChI=1S/C18H20ClF2NO3/c1-11(17(23)22-8-7-12-5-3-2-4-6-12)25-18(24)13-9-15(20)16(21)10-14(13)19/h5,9-11H,2-4,6-8H2,1H3,(H,22,23)/t11-/m1/s1. The van der Waals surface area contributed by atoms with Gasteiger partial charge in [-0.3, -0.25) is 4.79 Å². The van der Waals surface area contributed by atoms with Gasteiger partial charge in [-0.1, -0.05) is 23.3 Å². The molecule has 1 aliphatic rings. The Kier molecular flexibility index (Phi) is 6.93. The minimum atomic E-state index is -1.21. The zero-order valence-corrected chi connectivity index (χ0v) is 14.7. The first kappa shape index (κ1) is 19.4. The summed E-state index contributed by atoms with van der Waals surface area (Å²) in [5.74, 6) is -3.82. The predicted octanol–water partition coefficient (Wildman–Crippen LogP) is 4.17. The highest BCUT2D eigenvalue weighted by molar-refractivity contribution is 6.33. The van der Waals surface area contributed by atoms with Crippen LogP contribution < -0.4 is 5.32 Å².